The molecule has 1 aliphatic rings. The Hall–Kier alpha value is -1.38. The molecule has 0 atom stereocenters. The van der Waals surface area contributed by atoms with E-state index in [9.17, 15) is 8.42 Å². The van der Waals surface area contributed by atoms with Crippen LogP contribution in [0.5, 0.6) is 0 Å². The fourth-order valence-corrected chi connectivity index (χ4v) is 4.89. The summed E-state index contributed by atoms with van der Waals surface area (Å²) < 4.78 is 26.2. The summed E-state index contributed by atoms with van der Waals surface area (Å²) in [6, 6.07) is 7.66. The van der Waals surface area contributed by atoms with Crippen LogP contribution in [0, 0.1) is 0 Å². The molecule has 1 fully saturated rings. The Morgan fingerprint density at radius 1 is 1.18 bits per heavy atom. The number of hydrogen-bond acceptors (Lipinski definition) is 6. The molecule has 3 rings (SSSR count). The summed E-state index contributed by atoms with van der Waals surface area (Å²) in [7, 11) is -3.19. The first-order valence-corrected chi connectivity index (χ1v) is 9.92. The molecule has 1 N–H and O–H groups in total. The Bertz CT molecular complexity index is 740. The molecule has 22 heavy (non-hydrogen) atoms. The highest BCUT2D eigenvalue weighted by Gasteiger charge is 2.23. The van der Waals surface area contributed by atoms with Crippen LogP contribution in [0.3, 0.4) is 0 Å². The Morgan fingerprint density at radius 2 is 1.95 bits per heavy atom. The van der Waals surface area contributed by atoms with E-state index in [1.165, 1.54) is 6.33 Å². The van der Waals surface area contributed by atoms with Crippen molar-refractivity contribution in [2.24, 2.45) is 0 Å². The van der Waals surface area contributed by atoms with Crippen LogP contribution in [-0.2, 0) is 10.0 Å². The lowest BCUT2D eigenvalue weighted by atomic mass is 10.2. The molecule has 118 valence electrons. The molecule has 0 saturated carbocycles. The average Bonchev–Trinajstić information content (AvgIpc) is 2.56. The van der Waals surface area contributed by atoms with Crippen molar-refractivity contribution < 1.29 is 8.42 Å². The van der Waals surface area contributed by atoms with Gasteiger partial charge in [0.05, 0.1) is 11.3 Å². The summed E-state index contributed by atoms with van der Waals surface area (Å²) in [5.74, 6) is 2.51. The zero-order chi connectivity index (χ0) is 15.4. The number of nitrogens with one attached hydrogen (secondary N) is 1. The van der Waals surface area contributed by atoms with Crippen LogP contribution in [0.2, 0.25) is 0 Å². The van der Waals surface area contributed by atoms with Crippen LogP contribution in [0.15, 0.2) is 30.6 Å². The fourth-order valence-electron chi connectivity index (χ4n) is 2.40. The van der Waals surface area contributed by atoms with E-state index in [4.69, 9.17) is 0 Å². The Morgan fingerprint density at radius 3 is 2.77 bits per heavy atom. The third-order valence-corrected chi connectivity index (χ3v) is 6.37. The maximum atomic E-state index is 12.3. The minimum Gasteiger partial charge on any atom is -0.368 e. The van der Waals surface area contributed by atoms with Gasteiger partial charge in [0, 0.05) is 36.5 Å². The molecule has 0 bridgehead atoms. The molecule has 6 nitrogen and oxygen atoms in total. The number of sulfonamides is 1. The van der Waals surface area contributed by atoms with E-state index >= 15 is 0 Å². The van der Waals surface area contributed by atoms with Gasteiger partial charge in [-0.15, -0.1) is 0 Å². The molecule has 2 heterocycles. The minimum absolute atomic E-state index is 0.0794. The monoisotopic (exact) mass is 338 g/mol. The third kappa shape index (κ3) is 3.50. The highest BCUT2D eigenvalue weighted by atomic mass is 32.2. The van der Waals surface area contributed by atoms with Crippen LogP contribution in [0.25, 0.3) is 10.9 Å². The first kappa shape index (κ1) is 15.5. The number of aromatic nitrogens is 2. The summed E-state index contributed by atoms with van der Waals surface area (Å²) in [5, 5.41) is 4.02. The van der Waals surface area contributed by atoms with E-state index in [2.05, 4.69) is 15.3 Å². The van der Waals surface area contributed by atoms with Gasteiger partial charge in [0.1, 0.15) is 12.1 Å². The van der Waals surface area contributed by atoms with E-state index < -0.39 is 10.0 Å². The van der Waals surface area contributed by atoms with Crippen molar-refractivity contribution in [3.63, 3.8) is 0 Å². The number of rotatable bonds is 5. The van der Waals surface area contributed by atoms with E-state index in [1.807, 2.05) is 24.3 Å². The van der Waals surface area contributed by atoms with E-state index in [0.717, 1.165) is 22.4 Å². The molecular formula is C14H18N4O2S2. The van der Waals surface area contributed by atoms with Gasteiger partial charge in [0.15, 0.2) is 0 Å². The van der Waals surface area contributed by atoms with Crippen molar-refractivity contribution in [3.8, 4) is 0 Å². The van der Waals surface area contributed by atoms with Gasteiger partial charge in [-0.1, -0.05) is 12.1 Å². The molecule has 1 saturated heterocycles. The molecule has 0 unspecified atom stereocenters. The van der Waals surface area contributed by atoms with Gasteiger partial charge in [-0.2, -0.15) is 11.8 Å². The summed E-state index contributed by atoms with van der Waals surface area (Å²) in [5.41, 5.74) is 0.843. The summed E-state index contributed by atoms with van der Waals surface area (Å²) >= 11 is 1.80. The zero-order valence-electron chi connectivity index (χ0n) is 12.1. The van der Waals surface area contributed by atoms with E-state index in [1.54, 1.807) is 16.1 Å². The normalized spacial score (nSPS) is 16.7. The lowest BCUT2D eigenvalue weighted by Crippen LogP contribution is -2.40. The predicted molar refractivity (Wildman–Crippen MR) is 90.7 cm³/mol. The van der Waals surface area contributed by atoms with Crippen molar-refractivity contribution in [2.45, 2.75) is 0 Å². The summed E-state index contributed by atoms with van der Waals surface area (Å²) in [6.45, 7) is 1.57. The lowest BCUT2D eigenvalue weighted by molar-refractivity contribution is 0.444. The van der Waals surface area contributed by atoms with Crippen LogP contribution in [-0.4, -0.2) is 59.6 Å². The molecule has 1 aliphatic heterocycles. The molecule has 0 aliphatic carbocycles. The largest absolute Gasteiger partial charge is 0.368 e. The SMILES string of the molecule is O=S(=O)(CCNc1ncnc2ccccc12)N1CCSCC1. The second-order valence-electron chi connectivity index (χ2n) is 4.99. The third-order valence-electron chi connectivity index (χ3n) is 3.56. The van der Waals surface area contributed by atoms with Gasteiger partial charge in [-0.3, -0.25) is 0 Å². The van der Waals surface area contributed by atoms with Gasteiger partial charge in [0.2, 0.25) is 10.0 Å². The van der Waals surface area contributed by atoms with E-state index in [0.29, 0.717) is 25.5 Å². The number of para-hydroxylation sites is 1. The van der Waals surface area contributed by atoms with Gasteiger partial charge in [-0.25, -0.2) is 22.7 Å². The highest BCUT2D eigenvalue weighted by molar-refractivity contribution is 7.99. The first-order chi connectivity index (χ1) is 10.7. The van der Waals surface area contributed by atoms with Crippen molar-refractivity contribution in [2.75, 3.05) is 42.2 Å². The van der Waals surface area contributed by atoms with Crippen LogP contribution < -0.4 is 5.32 Å². The molecule has 0 radical (unpaired) electrons. The second-order valence-corrected chi connectivity index (χ2v) is 8.31. The van der Waals surface area contributed by atoms with E-state index in [-0.39, 0.29) is 5.75 Å². The number of hydrogen-bond donors (Lipinski definition) is 1. The summed E-state index contributed by atoms with van der Waals surface area (Å²) in [6.07, 6.45) is 1.49. The second kappa shape index (κ2) is 6.80. The Balaban J connectivity index is 1.64. The van der Waals surface area contributed by atoms with Crippen LogP contribution >= 0.6 is 11.8 Å². The molecular weight excluding hydrogens is 320 g/mol. The maximum absolute atomic E-state index is 12.3. The first-order valence-electron chi connectivity index (χ1n) is 7.16. The van der Waals surface area contributed by atoms with Crippen molar-refractivity contribution in [1.29, 1.82) is 0 Å². The number of fused-ring (bicyclic) bond motifs is 1. The van der Waals surface area contributed by atoms with Crippen molar-refractivity contribution in [3.05, 3.63) is 30.6 Å². The smallest absolute Gasteiger partial charge is 0.215 e. The molecule has 8 heteroatoms. The number of nitrogens with zero attached hydrogens (tertiary/aromatic N) is 3. The number of benzene rings is 1. The number of thioether (sulfide) groups is 1. The standard InChI is InChI=1S/C14H18N4O2S2/c19-22(20,18-6-8-21-9-7-18)10-5-15-14-12-3-1-2-4-13(12)16-11-17-14/h1-4,11H,5-10H2,(H,15,16,17). The Labute approximate surface area is 134 Å². The number of anilines is 1. The fraction of sp³-hybridized carbons (Fsp3) is 0.429. The van der Waals surface area contributed by atoms with Crippen molar-refractivity contribution >= 4 is 38.5 Å². The molecule has 2 aromatic rings. The van der Waals surface area contributed by atoms with Gasteiger partial charge < -0.3 is 5.32 Å². The minimum atomic E-state index is -3.19. The van der Waals surface area contributed by atoms with Gasteiger partial charge in [0.25, 0.3) is 0 Å². The molecule has 0 spiro atoms. The molecule has 1 aromatic carbocycles. The van der Waals surface area contributed by atoms with Crippen molar-refractivity contribution in [1.82, 2.24) is 14.3 Å². The molecule has 1 aromatic heterocycles. The summed E-state index contributed by atoms with van der Waals surface area (Å²) in [4.78, 5) is 8.40. The van der Waals surface area contributed by atoms with Crippen LogP contribution in [0.1, 0.15) is 0 Å². The van der Waals surface area contributed by atoms with Crippen LogP contribution in [0.4, 0.5) is 5.82 Å². The van der Waals surface area contributed by atoms with Gasteiger partial charge >= 0.3 is 0 Å². The Kier molecular flexibility index (Phi) is 4.80. The highest BCUT2D eigenvalue weighted by Crippen LogP contribution is 2.18. The quantitative estimate of drug-likeness (QED) is 0.889. The zero-order valence-corrected chi connectivity index (χ0v) is 13.7. The average molecular weight is 338 g/mol. The lowest BCUT2D eigenvalue weighted by Gasteiger charge is -2.25. The molecule has 0 amide bonds. The van der Waals surface area contributed by atoms with Gasteiger partial charge in [-0.05, 0) is 12.1 Å². The predicted octanol–water partition coefficient (Wildman–Crippen LogP) is 1.42. The maximum Gasteiger partial charge on any atom is 0.215 e. The topological polar surface area (TPSA) is 75.2 Å².